The fraction of sp³-hybridized carbons (Fsp3) is 0.105. The van der Waals surface area contributed by atoms with Crippen molar-refractivity contribution in [3.8, 4) is 0 Å². The molecule has 0 saturated heterocycles. The zero-order valence-electron chi connectivity index (χ0n) is 12.9. The average Bonchev–Trinajstić information content (AvgIpc) is 2.60. The molecule has 0 aliphatic rings. The molecule has 0 aliphatic heterocycles. The van der Waals surface area contributed by atoms with E-state index in [1.165, 1.54) is 0 Å². The molecule has 0 fully saturated rings. The fourth-order valence-corrected chi connectivity index (χ4v) is 2.12. The van der Waals surface area contributed by atoms with Crippen molar-refractivity contribution in [1.82, 2.24) is 5.32 Å². The first kappa shape index (κ1) is 17.1. The van der Waals surface area contributed by atoms with Crippen molar-refractivity contribution in [2.75, 3.05) is 0 Å². The van der Waals surface area contributed by atoms with E-state index in [0.29, 0.717) is 5.56 Å². The average molecular weight is 323 g/mol. The van der Waals surface area contributed by atoms with Crippen LogP contribution in [-0.4, -0.2) is 28.8 Å². The van der Waals surface area contributed by atoms with E-state index in [1.54, 1.807) is 54.6 Å². The Morgan fingerprint density at radius 1 is 0.917 bits per heavy atom. The van der Waals surface area contributed by atoms with Gasteiger partial charge in [0.2, 0.25) is 5.91 Å². The van der Waals surface area contributed by atoms with Crippen LogP contribution in [0.4, 0.5) is 0 Å². The molecule has 2 N–H and O–H groups in total. The van der Waals surface area contributed by atoms with Crippen molar-refractivity contribution >= 4 is 17.7 Å². The Bertz CT molecular complexity index is 738. The first-order valence-corrected chi connectivity index (χ1v) is 7.41. The van der Waals surface area contributed by atoms with E-state index in [0.717, 1.165) is 17.7 Å². The lowest BCUT2D eigenvalue weighted by Gasteiger charge is -2.13. The lowest BCUT2D eigenvalue weighted by molar-refractivity contribution is -0.141. The zero-order valence-corrected chi connectivity index (χ0v) is 12.9. The van der Waals surface area contributed by atoms with Gasteiger partial charge in [-0.15, -0.1) is 0 Å². The number of amides is 1. The molecule has 0 bridgehead atoms. The summed E-state index contributed by atoms with van der Waals surface area (Å²) in [7, 11) is 0. The Hall–Kier alpha value is -3.21. The number of nitrogens with one attached hydrogen (secondary N) is 1. The van der Waals surface area contributed by atoms with Crippen LogP contribution in [0.15, 0.2) is 72.8 Å². The number of aliphatic carboxylic acids is 1. The van der Waals surface area contributed by atoms with Crippen LogP contribution < -0.4 is 5.32 Å². The smallest absolute Gasteiger partial charge is 0.326 e. The maximum Gasteiger partial charge on any atom is 0.326 e. The fourth-order valence-electron chi connectivity index (χ4n) is 2.12. The summed E-state index contributed by atoms with van der Waals surface area (Å²) in [5.74, 6) is -2.07. The molecule has 0 aromatic heterocycles. The normalized spacial score (nSPS) is 11.8. The Balaban J connectivity index is 1.97. The van der Waals surface area contributed by atoms with Crippen LogP contribution in [0.2, 0.25) is 0 Å². The molecule has 5 nitrogen and oxygen atoms in total. The second-order valence-electron chi connectivity index (χ2n) is 5.15. The SMILES string of the molecule is O=C(/C=C/C(=O)c1ccccc1)N[C@@H](Cc1ccccc1)C(=O)O. The van der Waals surface area contributed by atoms with Crippen LogP contribution in [0, 0.1) is 0 Å². The standard InChI is InChI=1S/C19H17NO4/c21-17(15-9-5-2-6-10-15)11-12-18(22)20-16(19(23)24)13-14-7-3-1-4-8-14/h1-12,16H,13H2,(H,20,22)(H,23,24)/b12-11+/t16-/m0/s1. The van der Waals surface area contributed by atoms with Crippen LogP contribution in [0.25, 0.3) is 0 Å². The Labute approximate surface area is 139 Å². The predicted octanol–water partition coefficient (Wildman–Crippen LogP) is 2.24. The molecule has 0 heterocycles. The van der Waals surface area contributed by atoms with Gasteiger partial charge in [-0.25, -0.2) is 4.79 Å². The zero-order chi connectivity index (χ0) is 17.4. The van der Waals surface area contributed by atoms with Gasteiger partial charge >= 0.3 is 5.97 Å². The lowest BCUT2D eigenvalue weighted by Crippen LogP contribution is -2.41. The van der Waals surface area contributed by atoms with Crippen LogP contribution in [0.1, 0.15) is 15.9 Å². The highest BCUT2D eigenvalue weighted by Gasteiger charge is 2.19. The molecule has 0 radical (unpaired) electrons. The van der Waals surface area contributed by atoms with E-state index in [9.17, 15) is 19.5 Å². The summed E-state index contributed by atoms with van der Waals surface area (Å²) in [5, 5.41) is 11.6. The third-order valence-corrected chi connectivity index (χ3v) is 3.34. The molecule has 1 amide bonds. The van der Waals surface area contributed by atoms with Crippen molar-refractivity contribution in [3.05, 3.63) is 83.9 Å². The third kappa shape index (κ3) is 5.21. The van der Waals surface area contributed by atoms with Crippen molar-refractivity contribution in [2.45, 2.75) is 12.5 Å². The maximum absolute atomic E-state index is 11.9. The summed E-state index contributed by atoms with van der Waals surface area (Å²) >= 11 is 0. The topological polar surface area (TPSA) is 83.5 Å². The summed E-state index contributed by atoms with van der Waals surface area (Å²) in [5.41, 5.74) is 1.26. The van der Waals surface area contributed by atoms with E-state index in [2.05, 4.69) is 5.32 Å². The van der Waals surface area contributed by atoms with E-state index >= 15 is 0 Å². The number of carbonyl (C=O) groups is 3. The van der Waals surface area contributed by atoms with Crippen molar-refractivity contribution < 1.29 is 19.5 Å². The van der Waals surface area contributed by atoms with Gasteiger partial charge in [0.05, 0.1) is 0 Å². The van der Waals surface area contributed by atoms with Crippen LogP contribution in [0.5, 0.6) is 0 Å². The molecule has 1 atom stereocenters. The number of carbonyl (C=O) groups excluding carboxylic acids is 2. The van der Waals surface area contributed by atoms with Crippen LogP contribution in [-0.2, 0) is 16.0 Å². The molecule has 2 rings (SSSR count). The summed E-state index contributed by atoms with van der Waals surface area (Å²) in [6, 6.07) is 16.5. The van der Waals surface area contributed by atoms with Gasteiger partial charge in [0.15, 0.2) is 5.78 Å². The molecule has 5 heteroatoms. The van der Waals surface area contributed by atoms with Gasteiger partial charge in [-0.2, -0.15) is 0 Å². The number of hydrogen-bond acceptors (Lipinski definition) is 3. The molecular weight excluding hydrogens is 306 g/mol. The van der Waals surface area contributed by atoms with Crippen LogP contribution >= 0.6 is 0 Å². The van der Waals surface area contributed by atoms with Gasteiger partial charge in [-0.3, -0.25) is 9.59 Å². The highest BCUT2D eigenvalue weighted by Crippen LogP contribution is 2.04. The first-order chi connectivity index (χ1) is 11.6. The number of ketones is 1. The van der Waals surface area contributed by atoms with Gasteiger partial charge in [0.25, 0.3) is 0 Å². The number of carboxylic acid groups (broad SMARTS) is 1. The molecule has 122 valence electrons. The molecule has 2 aromatic carbocycles. The minimum atomic E-state index is -1.13. The quantitative estimate of drug-likeness (QED) is 0.604. The molecule has 0 spiro atoms. The van der Waals surface area contributed by atoms with Gasteiger partial charge in [0.1, 0.15) is 6.04 Å². The Kier molecular flexibility index (Phi) is 6.02. The lowest BCUT2D eigenvalue weighted by atomic mass is 10.1. The van der Waals surface area contributed by atoms with E-state index in [1.807, 2.05) is 6.07 Å². The number of hydrogen-bond donors (Lipinski definition) is 2. The first-order valence-electron chi connectivity index (χ1n) is 7.41. The van der Waals surface area contributed by atoms with Crippen LogP contribution in [0.3, 0.4) is 0 Å². The highest BCUT2D eigenvalue weighted by atomic mass is 16.4. The van der Waals surface area contributed by atoms with E-state index in [4.69, 9.17) is 0 Å². The summed E-state index contributed by atoms with van der Waals surface area (Å²) < 4.78 is 0. The van der Waals surface area contributed by atoms with Gasteiger partial charge in [-0.05, 0) is 11.6 Å². The van der Waals surface area contributed by atoms with Crippen molar-refractivity contribution in [2.24, 2.45) is 0 Å². The monoisotopic (exact) mass is 323 g/mol. The molecule has 2 aromatic rings. The molecule has 0 aliphatic carbocycles. The third-order valence-electron chi connectivity index (χ3n) is 3.34. The van der Waals surface area contributed by atoms with Gasteiger partial charge < -0.3 is 10.4 Å². The number of allylic oxidation sites excluding steroid dienone is 1. The van der Waals surface area contributed by atoms with E-state index in [-0.39, 0.29) is 12.2 Å². The highest BCUT2D eigenvalue weighted by molar-refractivity contribution is 6.07. The Morgan fingerprint density at radius 2 is 1.50 bits per heavy atom. The number of rotatable bonds is 7. The molecule has 24 heavy (non-hydrogen) atoms. The van der Waals surface area contributed by atoms with E-state index < -0.39 is 17.9 Å². The second-order valence-corrected chi connectivity index (χ2v) is 5.15. The minimum Gasteiger partial charge on any atom is -0.480 e. The Morgan fingerprint density at radius 3 is 2.08 bits per heavy atom. The summed E-state index contributed by atoms with van der Waals surface area (Å²) in [4.78, 5) is 35.0. The number of carboxylic acids is 1. The van der Waals surface area contributed by atoms with Crippen molar-refractivity contribution in [1.29, 1.82) is 0 Å². The molecular formula is C19H17NO4. The second kappa shape index (κ2) is 8.43. The molecule has 0 saturated carbocycles. The largest absolute Gasteiger partial charge is 0.480 e. The minimum absolute atomic E-state index is 0.169. The maximum atomic E-state index is 11.9. The van der Waals surface area contributed by atoms with Gasteiger partial charge in [0, 0.05) is 18.1 Å². The summed E-state index contributed by atoms with van der Waals surface area (Å²) in [6.07, 6.45) is 2.35. The van der Waals surface area contributed by atoms with Crippen molar-refractivity contribution in [3.63, 3.8) is 0 Å². The molecule has 0 unspecified atom stereocenters. The predicted molar refractivity (Wildman–Crippen MR) is 89.6 cm³/mol. The number of benzene rings is 2. The summed E-state index contributed by atoms with van der Waals surface area (Å²) in [6.45, 7) is 0. The van der Waals surface area contributed by atoms with Gasteiger partial charge in [-0.1, -0.05) is 60.7 Å².